The highest BCUT2D eigenvalue weighted by Gasteiger charge is 2.35. The Kier molecular flexibility index (Phi) is 4.36. The van der Waals surface area contributed by atoms with Crippen LogP contribution in [0.2, 0.25) is 0 Å². The fraction of sp³-hybridized carbons (Fsp3) is 0.333. The predicted molar refractivity (Wildman–Crippen MR) is 69.9 cm³/mol. The molecule has 0 amide bonds. The van der Waals surface area contributed by atoms with E-state index in [1.807, 2.05) is 6.92 Å². The van der Waals surface area contributed by atoms with Crippen LogP contribution < -0.4 is 11.3 Å². The molecule has 20 heavy (non-hydrogen) atoms. The van der Waals surface area contributed by atoms with Crippen molar-refractivity contribution in [1.82, 2.24) is 15.4 Å². The number of nitrogens with two attached hydrogens (primary N) is 1. The Labute approximate surface area is 117 Å². The second kappa shape index (κ2) is 5.86. The number of halogens is 3. The molecule has 0 saturated heterocycles. The standard InChI is InChI=1S/C12H13F3N4S/c1-2-7-5-17-4-3-8(7)10(19-16)9-6-18-11(20-9)12(13,14)15/h3-6,10,19H,2,16H2,1H3. The number of rotatable bonds is 4. The molecule has 0 bridgehead atoms. The van der Waals surface area contributed by atoms with Crippen LogP contribution in [0.1, 0.15) is 34.0 Å². The first-order chi connectivity index (χ1) is 9.47. The van der Waals surface area contributed by atoms with E-state index in [9.17, 15) is 13.2 Å². The molecule has 2 heterocycles. The topological polar surface area (TPSA) is 63.8 Å². The lowest BCUT2D eigenvalue weighted by atomic mass is 10.0. The highest BCUT2D eigenvalue weighted by molar-refractivity contribution is 7.11. The monoisotopic (exact) mass is 302 g/mol. The normalized spacial score (nSPS) is 13.4. The molecule has 0 aliphatic heterocycles. The number of hydrazine groups is 1. The molecule has 4 nitrogen and oxygen atoms in total. The summed E-state index contributed by atoms with van der Waals surface area (Å²) in [7, 11) is 0. The van der Waals surface area contributed by atoms with Crippen LogP contribution in [0.3, 0.4) is 0 Å². The molecule has 108 valence electrons. The van der Waals surface area contributed by atoms with Gasteiger partial charge in [-0.15, -0.1) is 11.3 Å². The molecule has 8 heteroatoms. The number of aromatic nitrogens is 2. The second-order valence-corrected chi connectivity index (χ2v) is 5.16. The number of hydrogen-bond acceptors (Lipinski definition) is 5. The van der Waals surface area contributed by atoms with E-state index in [1.165, 1.54) is 6.20 Å². The zero-order valence-corrected chi connectivity index (χ0v) is 11.4. The Hall–Kier alpha value is -1.51. The van der Waals surface area contributed by atoms with Crippen molar-refractivity contribution < 1.29 is 13.2 Å². The van der Waals surface area contributed by atoms with Gasteiger partial charge in [-0.05, 0) is 23.6 Å². The lowest BCUT2D eigenvalue weighted by Gasteiger charge is -2.17. The molecular formula is C12H13F3N4S. The van der Waals surface area contributed by atoms with Crippen LogP contribution in [0.25, 0.3) is 0 Å². The first-order valence-electron chi connectivity index (χ1n) is 5.89. The van der Waals surface area contributed by atoms with E-state index in [2.05, 4.69) is 15.4 Å². The van der Waals surface area contributed by atoms with Crippen molar-refractivity contribution in [3.8, 4) is 0 Å². The molecule has 2 aromatic heterocycles. The predicted octanol–water partition coefficient (Wildman–Crippen LogP) is 2.67. The maximum atomic E-state index is 12.6. The molecular weight excluding hydrogens is 289 g/mol. The van der Waals surface area contributed by atoms with Crippen molar-refractivity contribution in [3.05, 3.63) is 45.7 Å². The fourth-order valence-electron chi connectivity index (χ4n) is 1.89. The zero-order valence-electron chi connectivity index (χ0n) is 10.6. The van der Waals surface area contributed by atoms with Gasteiger partial charge in [0.25, 0.3) is 0 Å². The number of thiazole rings is 1. The van der Waals surface area contributed by atoms with Gasteiger partial charge in [0.1, 0.15) is 0 Å². The maximum Gasteiger partial charge on any atom is 0.443 e. The van der Waals surface area contributed by atoms with E-state index in [-0.39, 0.29) is 0 Å². The van der Waals surface area contributed by atoms with E-state index in [0.29, 0.717) is 22.6 Å². The van der Waals surface area contributed by atoms with E-state index < -0.39 is 17.2 Å². The van der Waals surface area contributed by atoms with Crippen molar-refractivity contribution in [3.63, 3.8) is 0 Å². The van der Waals surface area contributed by atoms with Gasteiger partial charge in [-0.1, -0.05) is 6.92 Å². The Morgan fingerprint density at radius 3 is 2.70 bits per heavy atom. The lowest BCUT2D eigenvalue weighted by molar-refractivity contribution is -0.137. The molecule has 1 unspecified atom stereocenters. The number of nitrogens with one attached hydrogen (secondary N) is 1. The lowest BCUT2D eigenvalue weighted by Crippen LogP contribution is -2.29. The number of hydrogen-bond donors (Lipinski definition) is 2. The van der Waals surface area contributed by atoms with Crippen molar-refractivity contribution in [2.45, 2.75) is 25.6 Å². The summed E-state index contributed by atoms with van der Waals surface area (Å²) >= 11 is 0.588. The van der Waals surface area contributed by atoms with Crippen LogP contribution in [-0.4, -0.2) is 9.97 Å². The van der Waals surface area contributed by atoms with Gasteiger partial charge in [0.15, 0.2) is 5.01 Å². The summed E-state index contributed by atoms with van der Waals surface area (Å²) in [6.07, 6.45) is 0.758. The van der Waals surface area contributed by atoms with Crippen LogP contribution in [0, 0.1) is 0 Å². The highest BCUT2D eigenvalue weighted by atomic mass is 32.1. The van der Waals surface area contributed by atoms with Gasteiger partial charge < -0.3 is 0 Å². The first-order valence-corrected chi connectivity index (χ1v) is 6.70. The summed E-state index contributed by atoms with van der Waals surface area (Å²) in [6, 6.07) is 1.22. The van der Waals surface area contributed by atoms with E-state index >= 15 is 0 Å². The summed E-state index contributed by atoms with van der Waals surface area (Å²) in [5.74, 6) is 5.51. The quantitative estimate of drug-likeness (QED) is 0.673. The van der Waals surface area contributed by atoms with Crippen LogP contribution in [0.5, 0.6) is 0 Å². The second-order valence-electron chi connectivity index (χ2n) is 4.09. The van der Waals surface area contributed by atoms with Crippen molar-refractivity contribution in [1.29, 1.82) is 0 Å². The van der Waals surface area contributed by atoms with Crippen molar-refractivity contribution in [2.75, 3.05) is 0 Å². The van der Waals surface area contributed by atoms with Crippen molar-refractivity contribution >= 4 is 11.3 Å². The SMILES string of the molecule is CCc1cnccc1C(NN)c1cnc(C(F)(F)F)s1. The zero-order chi connectivity index (χ0) is 14.8. The Bertz CT molecular complexity index is 582. The molecule has 3 N–H and O–H groups in total. The van der Waals surface area contributed by atoms with Gasteiger partial charge in [0.2, 0.25) is 0 Å². The van der Waals surface area contributed by atoms with Gasteiger partial charge in [0, 0.05) is 23.5 Å². The van der Waals surface area contributed by atoms with Crippen LogP contribution in [0.4, 0.5) is 13.2 Å². The molecule has 0 radical (unpaired) electrons. The van der Waals surface area contributed by atoms with Crippen LogP contribution in [-0.2, 0) is 12.6 Å². The average molecular weight is 302 g/mol. The van der Waals surface area contributed by atoms with Gasteiger partial charge in [-0.2, -0.15) is 13.2 Å². The van der Waals surface area contributed by atoms with E-state index in [0.717, 1.165) is 11.1 Å². The van der Waals surface area contributed by atoms with Gasteiger partial charge >= 0.3 is 6.18 Å². The van der Waals surface area contributed by atoms with Crippen molar-refractivity contribution in [2.24, 2.45) is 5.84 Å². The first kappa shape index (κ1) is 14.9. The molecule has 0 aliphatic carbocycles. The molecule has 2 rings (SSSR count). The molecule has 1 atom stereocenters. The number of aryl methyl sites for hydroxylation is 1. The fourth-order valence-corrected chi connectivity index (χ4v) is 2.75. The minimum Gasteiger partial charge on any atom is -0.271 e. The molecule has 0 fully saturated rings. The van der Waals surface area contributed by atoms with E-state index in [1.54, 1.807) is 18.5 Å². The number of nitrogens with zero attached hydrogens (tertiary/aromatic N) is 2. The summed E-state index contributed by atoms with van der Waals surface area (Å²) in [6.45, 7) is 1.95. The molecule has 0 saturated carbocycles. The third-order valence-electron chi connectivity index (χ3n) is 2.85. The Morgan fingerprint density at radius 2 is 2.15 bits per heavy atom. The summed E-state index contributed by atoms with van der Waals surface area (Å²) < 4.78 is 37.8. The highest BCUT2D eigenvalue weighted by Crippen LogP contribution is 2.36. The number of alkyl halides is 3. The number of pyridine rings is 1. The Balaban J connectivity index is 2.40. The third kappa shape index (κ3) is 2.97. The van der Waals surface area contributed by atoms with Gasteiger partial charge in [-0.3, -0.25) is 10.8 Å². The van der Waals surface area contributed by atoms with Gasteiger partial charge in [0.05, 0.1) is 6.04 Å². The largest absolute Gasteiger partial charge is 0.443 e. The van der Waals surface area contributed by atoms with Crippen LogP contribution >= 0.6 is 11.3 Å². The smallest absolute Gasteiger partial charge is 0.271 e. The Morgan fingerprint density at radius 1 is 1.40 bits per heavy atom. The maximum absolute atomic E-state index is 12.6. The van der Waals surface area contributed by atoms with Crippen LogP contribution in [0.15, 0.2) is 24.7 Å². The third-order valence-corrected chi connectivity index (χ3v) is 3.96. The molecule has 0 spiro atoms. The van der Waals surface area contributed by atoms with E-state index in [4.69, 9.17) is 5.84 Å². The average Bonchev–Trinajstić information content (AvgIpc) is 2.90. The van der Waals surface area contributed by atoms with Gasteiger partial charge in [-0.25, -0.2) is 10.4 Å². The molecule has 0 aliphatic rings. The molecule has 0 aromatic carbocycles. The minimum atomic E-state index is -4.44. The summed E-state index contributed by atoms with van der Waals surface area (Å²) in [5, 5.41) is -0.875. The summed E-state index contributed by atoms with van der Waals surface area (Å²) in [5.41, 5.74) is 4.29. The minimum absolute atomic E-state index is 0.417. The molecule has 2 aromatic rings. The summed E-state index contributed by atoms with van der Waals surface area (Å²) in [4.78, 5) is 7.85.